The van der Waals surface area contributed by atoms with Gasteiger partial charge in [0.1, 0.15) is 0 Å². The van der Waals surface area contributed by atoms with Crippen molar-refractivity contribution in [2.45, 2.75) is 46.2 Å². The number of aryl methyl sites for hydroxylation is 1. The summed E-state index contributed by atoms with van der Waals surface area (Å²) in [6, 6.07) is 3.85. The van der Waals surface area contributed by atoms with Crippen molar-refractivity contribution >= 4 is 5.69 Å². The fourth-order valence-electron chi connectivity index (χ4n) is 3.30. The molecule has 1 fully saturated rings. The van der Waals surface area contributed by atoms with Crippen LogP contribution in [0.2, 0.25) is 0 Å². The largest absolute Gasteiger partial charge is 0.398 e. The Morgan fingerprint density at radius 3 is 2.75 bits per heavy atom. The van der Waals surface area contributed by atoms with Gasteiger partial charge in [-0.2, -0.15) is 0 Å². The number of nitrogens with zero attached hydrogens (tertiary/aromatic N) is 2. The van der Waals surface area contributed by atoms with Crippen LogP contribution in [0.3, 0.4) is 0 Å². The fraction of sp³-hybridized carbons (Fsp3) is 0.688. The van der Waals surface area contributed by atoms with Gasteiger partial charge in [-0.1, -0.05) is 13.8 Å². The highest BCUT2D eigenvalue weighted by Crippen LogP contribution is 2.26. The van der Waals surface area contributed by atoms with E-state index in [0.29, 0.717) is 11.7 Å². The first-order chi connectivity index (χ1) is 9.47. The Balaban J connectivity index is 1.89. The molecule has 20 heavy (non-hydrogen) atoms. The number of pyridine rings is 1. The summed E-state index contributed by atoms with van der Waals surface area (Å²) in [4.78, 5) is 14.3. The third kappa shape index (κ3) is 3.63. The normalized spacial score (nSPS) is 27.6. The Hall–Kier alpha value is -1.29. The lowest BCUT2D eigenvalue weighted by Crippen LogP contribution is -2.46. The number of aromatic nitrogens is 1. The summed E-state index contributed by atoms with van der Waals surface area (Å²) in [6.45, 7) is 9.97. The molecule has 1 aromatic rings. The van der Waals surface area contributed by atoms with Gasteiger partial charge in [-0.05, 0) is 37.7 Å². The van der Waals surface area contributed by atoms with Crippen molar-refractivity contribution in [2.75, 3.05) is 18.8 Å². The first-order valence-electron chi connectivity index (χ1n) is 7.67. The van der Waals surface area contributed by atoms with Crippen LogP contribution in [0.15, 0.2) is 23.1 Å². The molecular formula is C16H27N3O. The van der Waals surface area contributed by atoms with Gasteiger partial charge in [0.15, 0.2) is 0 Å². The molecular weight excluding hydrogens is 250 g/mol. The van der Waals surface area contributed by atoms with Crippen LogP contribution in [0.1, 0.15) is 33.6 Å². The molecule has 0 aliphatic carbocycles. The van der Waals surface area contributed by atoms with Crippen molar-refractivity contribution in [1.29, 1.82) is 0 Å². The zero-order valence-corrected chi connectivity index (χ0v) is 12.9. The molecule has 3 atom stereocenters. The Labute approximate surface area is 121 Å². The number of rotatable bonds is 4. The molecule has 2 heterocycles. The summed E-state index contributed by atoms with van der Waals surface area (Å²) in [5.74, 6) is 1.53. The van der Waals surface area contributed by atoms with E-state index in [4.69, 9.17) is 5.73 Å². The molecule has 0 aromatic carbocycles. The predicted octanol–water partition coefficient (Wildman–Crippen LogP) is 2.19. The van der Waals surface area contributed by atoms with Crippen molar-refractivity contribution in [3.05, 3.63) is 28.7 Å². The molecule has 3 unspecified atom stereocenters. The average Bonchev–Trinajstić information content (AvgIpc) is 2.39. The second kappa shape index (κ2) is 6.44. The van der Waals surface area contributed by atoms with E-state index in [-0.39, 0.29) is 5.56 Å². The highest BCUT2D eigenvalue weighted by molar-refractivity contribution is 5.33. The Kier molecular flexibility index (Phi) is 4.86. The smallest absolute Gasteiger partial charge is 0.250 e. The third-order valence-electron chi connectivity index (χ3n) is 4.57. The molecule has 4 nitrogen and oxygen atoms in total. The van der Waals surface area contributed by atoms with Gasteiger partial charge in [0.2, 0.25) is 0 Å². The van der Waals surface area contributed by atoms with Gasteiger partial charge < -0.3 is 15.2 Å². The molecule has 2 rings (SSSR count). The maximum absolute atomic E-state index is 11.7. The highest BCUT2D eigenvalue weighted by Gasteiger charge is 2.27. The lowest BCUT2D eigenvalue weighted by atomic mass is 9.86. The number of hydrogen-bond acceptors (Lipinski definition) is 3. The zero-order valence-electron chi connectivity index (χ0n) is 12.9. The van der Waals surface area contributed by atoms with Crippen molar-refractivity contribution < 1.29 is 0 Å². The van der Waals surface area contributed by atoms with E-state index < -0.39 is 0 Å². The summed E-state index contributed by atoms with van der Waals surface area (Å²) in [7, 11) is 0. The molecule has 1 saturated heterocycles. The van der Waals surface area contributed by atoms with Gasteiger partial charge in [-0.15, -0.1) is 0 Å². The van der Waals surface area contributed by atoms with E-state index in [0.717, 1.165) is 31.3 Å². The van der Waals surface area contributed by atoms with Crippen LogP contribution >= 0.6 is 0 Å². The first-order valence-corrected chi connectivity index (χ1v) is 7.67. The van der Waals surface area contributed by atoms with Crippen LogP contribution in [0.4, 0.5) is 5.69 Å². The number of nitrogen functional groups attached to an aromatic ring is 1. The maximum atomic E-state index is 11.7. The van der Waals surface area contributed by atoms with Gasteiger partial charge in [0.25, 0.3) is 5.56 Å². The molecule has 0 bridgehead atoms. The number of piperidine rings is 1. The number of hydrogen-bond donors (Lipinski definition) is 1. The zero-order chi connectivity index (χ0) is 14.7. The number of nitrogens with two attached hydrogens (primary N) is 1. The van der Waals surface area contributed by atoms with Gasteiger partial charge in [0, 0.05) is 43.6 Å². The quantitative estimate of drug-likeness (QED) is 0.918. The van der Waals surface area contributed by atoms with E-state index in [1.54, 1.807) is 22.9 Å². The topological polar surface area (TPSA) is 51.3 Å². The molecule has 1 aliphatic rings. The SMILES string of the molecule is CC1CC(C)C(C)N(CCCn2cc(N)ccc2=O)C1. The van der Waals surface area contributed by atoms with Gasteiger partial charge >= 0.3 is 0 Å². The standard InChI is InChI=1S/C16H27N3O/c1-12-9-13(2)14(3)18(10-12)7-4-8-19-11-15(17)5-6-16(19)20/h5-6,11-14H,4,7-10,17H2,1-3H3. The van der Waals surface area contributed by atoms with E-state index >= 15 is 0 Å². The minimum absolute atomic E-state index is 0.0348. The Morgan fingerprint density at radius 1 is 1.25 bits per heavy atom. The molecule has 112 valence electrons. The lowest BCUT2D eigenvalue weighted by Gasteiger charge is -2.41. The summed E-state index contributed by atoms with van der Waals surface area (Å²) >= 11 is 0. The number of anilines is 1. The minimum Gasteiger partial charge on any atom is -0.398 e. The molecule has 0 spiro atoms. The van der Waals surface area contributed by atoms with Crippen molar-refractivity contribution in [2.24, 2.45) is 11.8 Å². The highest BCUT2D eigenvalue weighted by atomic mass is 16.1. The van der Waals surface area contributed by atoms with Crippen molar-refractivity contribution in [3.63, 3.8) is 0 Å². The molecule has 1 aliphatic heterocycles. The summed E-state index contributed by atoms with van der Waals surface area (Å²) < 4.78 is 1.72. The van der Waals surface area contributed by atoms with Gasteiger partial charge in [-0.3, -0.25) is 4.79 Å². The molecule has 2 N–H and O–H groups in total. The monoisotopic (exact) mass is 277 g/mol. The van der Waals surface area contributed by atoms with E-state index in [2.05, 4.69) is 25.7 Å². The third-order valence-corrected chi connectivity index (χ3v) is 4.57. The molecule has 0 amide bonds. The summed E-state index contributed by atoms with van der Waals surface area (Å²) in [5, 5.41) is 0. The second-order valence-electron chi connectivity index (χ2n) is 6.40. The Bertz CT molecular complexity index is 497. The Morgan fingerprint density at radius 2 is 2.00 bits per heavy atom. The minimum atomic E-state index is 0.0348. The van der Waals surface area contributed by atoms with Crippen LogP contribution in [-0.4, -0.2) is 28.6 Å². The van der Waals surface area contributed by atoms with Crippen LogP contribution < -0.4 is 11.3 Å². The van der Waals surface area contributed by atoms with Gasteiger partial charge in [0.05, 0.1) is 0 Å². The van der Waals surface area contributed by atoms with Crippen LogP contribution in [0.5, 0.6) is 0 Å². The second-order valence-corrected chi connectivity index (χ2v) is 6.40. The summed E-state index contributed by atoms with van der Waals surface area (Å²) in [5.41, 5.74) is 6.42. The lowest BCUT2D eigenvalue weighted by molar-refractivity contribution is 0.0775. The average molecular weight is 277 g/mol. The van der Waals surface area contributed by atoms with E-state index in [1.165, 1.54) is 13.0 Å². The molecule has 1 aromatic heterocycles. The molecule has 0 saturated carbocycles. The van der Waals surface area contributed by atoms with E-state index in [1.807, 2.05) is 0 Å². The van der Waals surface area contributed by atoms with Crippen molar-refractivity contribution in [3.8, 4) is 0 Å². The van der Waals surface area contributed by atoms with Crippen LogP contribution in [0, 0.1) is 11.8 Å². The molecule has 0 radical (unpaired) electrons. The van der Waals surface area contributed by atoms with Crippen LogP contribution in [-0.2, 0) is 6.54 Å². The first kappa shape index (κ1) is 15.1. The number of likely N-dealkylation sites (tertiary alicyclic amines) is 1. The predicted molar refractivity (Wildman–Crippen MR) is 83.7 cm³/mol. The summed E-state index contributed by atoms with van der Waals surface area (Å²) in [6.07, 6.45) is 4.06. The van der Waals surface area contributed by atoms with Crippen molar-refractivity contribution in [1.82, 2.24) is 9.47 Å². The van der Waals surface area contributed by atoms with E-state index in [9.17, 15) is 4.79 Å². The molecule has 4 heteroatoms. The van der Waals surface area contributed by atoms with Gasteiger partial charge in [-0.25, -0.2) is 0 Å². The maximum Gasteiger partial charge on any atom is 0.250 e. The van der Waals surface area contributed by atoms with Crippen LogP contribution in [0.25, 0.3) is 0 Å². The fourth-order valence-corrected chi connectivity index (χ4v) is 3.30.